The maximum Gasteiger partial charge on any atom is 0.573 e. The molecule has 0 spiro atoms. The third-order valence-corrected chi connectivity index (χ3v) is 2.33. The zero-order valence-corrected chi connectivity index (χ0v) is 12.0. The fourth-order valence-corrected chi connectivity index (χ4v) is 1.44. The zero-order valence-electron chi connectivity index (χ0n) is 11.1. The fourth-order valence-electron chi connectivity index (χ4n) is 1.44. The standard InChI is InChI=1S/C12H15F3N2O3.ClH/c1-19-7-9(16)11(18)17-6-8-4-2-3-5-10(8)20-12(13,14)15;/h2-5,9H,6-7,16H2,1H3,(H,17,18);1H. The van der Waals surface area contributed by atoms with E-state index in [1.54, 1.807) is 6.07 Å². The molecule has 0 aromatic heterocycles. The maximum atomic E-state index is 12.2. The van der Waals surface area contributed by atoms with Crippen LogP contribution in [0.2, 0.25) is 0 Å². The first-order valence-electron chi connectivity index (χ1n) is 5.69. The van der Waals surface area contributed by atoms with Gasteiger partial charge in [0.2, 0.25) is 5.91 Å². The fraction of sp³-hybridized carbons (Fsp3) is 0.417. The summed E-state index contributed by atoms with van der Waals surface area (Å²) in [5, 5.41) is 2.42. The van der Waals surface area contributed by atoms with E-state index in [2.05, 4.69) is 10.1 Å². The van der Waals surface area contributed by atoms with E-state index in [1.165, 1.54) is 25.3 Å². The lowest BCUT2D eigenvalue weighted by Crippen LogP contribution is -2.43. The minimum Gasteiger partial charge on any atom is -0.405 e. The lowest BCUT2D eigenvalue weighted by molar-refractivity contribution is -0.274. The molecule has 1 aromatic rings. The number of hydrogen-bond donors (Lipinski definition) is 2. The summed E-state index contributed by atoms with van der Waals surface area (Å²) in [6.45, 7) is -0.102. The van der Waals surface area contributed by atoms with Crippen LogP contribution in [-0.2, 0) is 16.1 Å². The van der Waals surface area contributed by atoms with Crippen molar-refractivity contribution >= 4 is 18.3 Å². The second kappa shape index (κ2) is 8.71. The molecular formula is C12H16ClF3N2O3. The van der Waals surface area contributed by atoms with Gasteiger partial charge in [-0.05, 0) is 6.07 Å². The van der Waals surface area contributed by atoms with E-state index in [9.17, 15) is 18.0 Å². The first-order chi connectivity index (χ1) is 9.33. The lowest BCUT2D eigenvalue weighted by Gasteiger charge is -2.15. The minimum absolute atomic E-state index is 0. The second-order valence-corrected chi connectivity index (χ2v) is 3.94. The molecule has 0 saturated carbocycles. The number of methoxy groups -OCH3 is 1. The summed E-state index contributed by atoms with van der Waals surface area (Å²) in [4.78, 5) is 11.5. The Morgan fingerprint density at radius 3 is 2.57 bits per heavy atom. The van der Waals surface area contributed by atoms with Gasteiger partial charge in [0, 0.05) is 19.2 Å². The molecule has 3 N–H and O–H groups in total. The second-order valence-electron chi connectivity index (χ2n) is 3.94. The molecule has 0 saturated heterocycles. The van der Waals surface area contributed by atoms with Crippen molar-refractivity contribution in [3.63, 3.8) is 0 Å². The molecule has 0 fully saturated rings. The number of carbonyl (C=O) groups excluding carboxylic acids is 1. The Morgan fingerprint density at radius 2 is 2.00 bits per heavy atom. The van der Waals surface area contributed by atoms with Gasteiger partial charge in [-0.25, -0.2) is 0 Å². The van der Waals surface area contributed by atoms with E-state index in [0.29, 0.717) is 0 Å². The first kappa shape index (κ1) is 19.5. The molecule has 9 heteroatoms. The van der Waals surface area contributed by atoms with Crippen LogP contribution in [0.5, 0.6) is 5.75 Å². The molecule has 1 amide bonds. The summed E-state index contributed by atoms with van der Waals surface area (Å²) < 4.78 is 45.2. The number of carbonyl (C=O) groups is 1. The van der Waals surface area contributed by atoms with Crippen LogP contribution in [0.1, 0.15) is 5.56 Å². The Balaban J connectivity index is 0.00000400. The monoisotopic (exact) mass is 328 g/mol. The highest BCUT2D eigenvalue weighted by atomic mass is 35.5. The van der Waals surface area contributed by atoms with Crippen LogP contribution in [0, 0.1) is 0 Å². The van der Waals surface area contributed by atoms with Crippen molar-refractivity contribution in [2.45, 2.75) is 18.9 Å². The van der Waals surface area contributed by atoms with Crippen LogP contribution < -0.4 is 15.8 Å². The molecule has 0 aliphatic rings. The molecule has 21 heavy (non-hydrogen) atoms. The molecule has 0 aliphatic carbocycles. The highest BCUT2D eigenvalue weighted by Crippen LogP contribution is 2.25. The average Bonchev–Trinajstić information content (AvgIpc) is 2.35. The third-order valence-electron chi connectivity index (χ3n) is 2.33. The van der Waals surface area contributed by atoms with Crippen LogP contribution in [0.3, 0.4) is 0 Å². The van der Waals surface area contributed by atoms with Gasteiger partial charge in [-0.15, -0.1) is 25.6 Å². The van der Waals surface area contributed by atoms with Crippen molar-refractivity contribution in [1.29, 1.82) is 0 Å². The van der Waals surface area contributed by atoms with Crippen molar-refractivity contribution in [2.75, 3.05) is 13.7 Å². The molecule has 5 nitrogen and oxygen atoms in total. The Kier molecular flexibility index (Phi) is 8.08. The number of halogens is 4. The van der Waals surface area contributed by atoms with Gasteiger partial charge in [-0.3, -0.25) is 4.79 Å². The Hall–Kier alpha value is -1.51. The number of rotatable bonds is 6. The van der Waals surface area contributed by atoms with Crippen LogP contribution in [0.4, 0.5) is 13.2 Å². The molecule has 0 heterocycles. The predicted molar refractivity (Wildman–Crippen MR) is 72.1 cm³/mol. The maximum absolute atomic E-state index is 12.2. The van der Waals surface area contributed by atoms with E-state index in [4.69, 9.17) is 10.5 Å². The number of nitrogens with two attached hydrogens (primary N) is 1. The number of para-hydroxylation sites is 1. The van der Waals surface area contributed by atoms with Crippen LogP contribution in [0.15, 0.2) is 24.3 Å². The molecule has 1 aromatic carbocycles. The molecule has 120 valence electrons. The van der Waals surface area contributed by atoms with Crippen molar-refractivity contribution in [3.8, 4) is 5.75 Å². The van der Waals surface area contributed by atoms with Crippen molar-refractivity contribution in [1.82, 2.24) is 5.32 Å². The van der Waals surface area contributed by atoms with Crippen LogP contribution >= 0.6 is 12.4 Å². The van der Waals surface area contributed by atoms with Crippen LogP contribution in [-0.4, -0.2) is 32.0 Å². The SMILES string of the molecule is COCC(N)C(=O)NCc1ccccc1OC(F)(F)F.Cl. The molecule has 0 radical (unpaired) electrons. The number of amides is 1. The summed E-state index contributed by atoms with van der Waals surface area (Å²) in [5.74, 6) is -0.880. The highest BCUT2D eigenvalue weighted by Gasteiger charge is 2.32. The van der Waals surface area contributed by atoms with E-state index in [0.717, 1.165) is 0 Å². The van der Waals surface area contributed by atoms with Gasteiger partial charge in [-0.2, -0.15) is 0 Å². The van der Waals surface area contributed by atoms with Gasteiger partial charge in [0.25, 0.3) is 0 Å². The van der Waals surface area contributed by atoms with Crippen molar-refractivity contribution in [2.24, 2.45) is 5.73 Å². The minimum atomic E-state index is -4.79. The number of benzene rings is 1. The van der Waals surface area contributed by atoms with Gasteiger partial charge in [0.05, 0.1) is 6.61 Å². The van der Waals surface area contributed by atoms with Gasteiger partial charge >= 0.3 is 6.36 Å². The normalized spacial score (nSPS) is 12.2. The van der Waals surface area contributed by atoms with E-state index >= 15 is 0 Å². The Labute approximate surface area is 126 Å². The summed E-state index contributed by atoms with van der Waals surface area (Å²) in [5.41, 5.74) is 5.68. The summed E-state index contributed by atoms with van der Waals surface area (Å²) >= 11 is 0. The Bertz CT molecular complexity index is 458. The predicted octanol–water partition coefficient (Wildman–Crippen LogP) is 1.60. The molecule has 0 bridgehead atoms. The quantitative estimate of drug-likeness (QED) is 0.832. The number of nitrogens with one attached hydrogen (secondary N) is 1. The average molecular weight is 329 g/mol. The van der Waals surface area contributed by atoms with Gasteiger partial charge in [0.1, 0.15) is 11.8 Å². The molecule has 1 rings (SSSR count). The van der Waals surface area contributed by atoms with Gasteiger partial charge in [-0.1, -0.05) is 18.2 Å². The number of hydrogen-bond acceptors (Lipinski definition) is 4. The molecule has 0 aliphatic heterocycles. The van der Waals surface area contributed by atoms with Crippen molar-refractivity contribution < 1.29 is 27.4 Å². The lowest BCUT2D eigenvalue weighted by atomic mass is 10.2. The molecule has 1 atom stereocenters. The van der Waals surface area contributed by atoms with E-state index < -0.39 is 18.3 Å². The summed E-state index contributed by atoms with van der Waals surface area (Å²) in [6, 6.07) is 4.66. The topological polar surface area (TPSA) is 73.6 Å². The third kappa shape index (κ3) is 7.16. The number of ether oxygens (including phenoxy) is 2. The highest BCUT2D eigenvalue weighted by molar-refractivity contribution is 5.85. The van der Waals surface area contributed by atoms with Gasteiger partial charge in [0.15, 0.2) is 0 Å². The van der Waals surface area contributed by atoms with E-state index in [-0.39, 0.29) is 36.9 Å². The summed E-state index contributed by atoms with van der Waals surface area (Å²) in [6.07, 6.45) is -4.79. The molecular weight excluding hydrogens is 313 g/mol. The van der Waals surface area contributed by atoms with Crippen LogP contribution in [0.25, 0.3) is 0 Å². The zero-order chi connectivity index (χ0) is 15.2. The smallest absolute Gasteiger partial charge is 0.405 e. The van der Waals surface area contributed by atoms with Gasteiger partial charge < -0.3 is 20.5 Å². The molecule has 1 unspecified atom stereocenters. The largest absolute Gasteiger partial charge is 0.573 e. The Morgan fingerprint density at radius 1 is 1.38 bits per heavy atom. The number of alkyl halides is 3. The van der Waals surface area contributed by atoms with Crippen molar-refractivity contribution in [3.05, 3.63) is 29.8 Å². The van der Waals surface area contributed by atoms with E-state index in [1.807, 2.05) is 0 Å². The first-order valence-corrected chi connectivity index (χ1v) is 5.69. The summed E-state index contributed by atoms with van der Waals surface area (Å²) in [7, 11) is 1.39.